The van der Waals surface area contributed by atoms with E-state index in [0.717, 1.165) is 18.2 Å². The number of alkyl halides is 3. The van der Waals surface area contributed by atoms with Crippen molar-refractivity contribution in [2.75, 3.05) is 12.3 Å². The maximum atomic E-state index is 12.9. The Labute approximate surface area is 192 Å². The van der Waals surface area contributed by atoms with Gasteiger partial charge in [0.2, 0.25) is 6.10 Å². The van der Waals surface area contributed by atoms with E-state index in [2.05, 4.69) is 5.32 Å². The normalized spacial score (nSPS) is 12.6. The zero-order valence-electron chi connectivity index (χ0n) is 15.1. The Balaban J connectivity index is 0.00000420. The molecule has 1 unspecified atom stereocenters. The zero-order valence-corrected chi connectivity index (χ0v) is 18.6. The molecular weight excluding hydrogens is 446 g/mol. The van der Waals surface area contributed by atoms with Crippen LogP contribution in [-0.4, -0.2) is 31.2 Å². The third-order valence-corrected chi connectivity index (χ3v) is 4.43. The number of halogens is 4. The van der Waals surface area contributed by atoms with E-state index in [0.29, 0.717) is 5.02 Å². The van der Waals surface area contributed by atoms with Crippen molar-refractivity contribution in [1.82, 2.24) is 5.32 Å². The van der Waals surface area contributed by atoms with Gasteiger partial charge in [-0.15, -0.1) is 0 Å². The summed E-state index contributed by atoms with van der Waals surface area (Å²) in [6.07, 6.45) is -5.99. The number of nitrogens with one attached hydrogen (secondary N) is 1. The average molecular weight is 460 g/mol. The second-order valence-corrected chi connectivity index (χ2v) is 7.59. The minimum absolute atomic E-state index is 0. The molecule has 1 amide bonds. The van der Waals surface area contributed by atoms with E-state index in [-0.39, 0.29) is 40.9 Å². The molecule has 0 saturated carbocycles. The van der Waals surface area contributed by atoms with Crippen molar-refractivity contribution in [1.29, 1.82) is 0 Å². The van der Waals surface area contributed by atoms with Crippen LogP contribution in [0.25, 0.3) is 0 Å². The second kappa shape index (κ2) is 10.6. The molecule has 0 heterocycles. The minimum atomic E-state index is -4.60. The van der Waals surface area contributed by atoms with Gasteiger partial charge in [0.25, 0.3) is 5.91 Å². The summed E-state index contributed by atoms with van der Waals surface area (Å²) in [7, 11) is -4.54. The molecule has 152 valence electrons. The minimum Gasteiger partial charge on any atom is -0.748 e. The Morgan fingerprint density at radius 1 is 1.17 bits per heavy atom. The van der Waals surface area contributed by atoms with E-state index in [4.69, 9.17) is 16.3 Å². The van der Waals surface area contributed by atoms with Gasteiger partial charge in [-0.25, -0.2) is 8.42 Å². The smallest absolute Gasteiger partial charge is 0.748 e. The van der Waals surface area contributed by atoms with Gasteiger partial charge in [0, 0.05) is 17.1 Å². The Morgan fingerprint density at radius 3 is 2.34 bits per heavy atom. The summed E-state index contributed by atoms with van der Waals surface area (Å²) in [6, 6.07) is 9.73. The van der Waals surface area contributed by atoms with Crippen molar-refractivity contribution >= 4 is 27.6 Å². The van der Waals surface area contributed by atoms with Crippen LogP contribution >= 0.6 is 11.6 Å². The van der Waals surface area contributed by atoms with Crippen LogP contribution in [0.1, 0.15) is 17.2 Å². The van der Waals surface area contributed by atoms with Gasteiger partial charge in [-0.3, -0.25) is 4.79 Å². The van der Waals surface area contributed by atoms with Crippen LogP contribution in [0, 0.1) is 0 Å². The van der Waals surface area contributed by atoms with E-state index >= 15 is 0 Å². The largest absolute Gasteiger partial charge is 1.00 e. The first-order chi connectivity index (χ1) is 13.0. The van der Waals surface area contributed by atoms with Crippen LogP contribution in [0.4, 0.5) is 13.2 Å². The van der Waals surface area contributed by atoms with Crippen LogP contribution in [0.15, 0.2) is 48.5 Å². The van der Waals surface area contributed by atoms with Crippen LogP contribution in [0.2, 0.25) is 5.02 Å². The van der Waals surface area contributed by atoms with Crippen molar-refractivity contribution in [3.63, 3.8) is 0 Å². The molecule has 0 aliphatic carbocycles. The molecule has 0 spiro atoms. The van der Waals surface area contributed by atoms with Crippen molar-refractivity contribution < 1.29 is 65.2 Å². The van der Waals surface area contributed by atoms with Crippen molar-refractivity contribution in [2.24, 2.45) is 0 Å². The van der Waals surface area contributed by atoms with E-state index in [1.54, 1.807) is 0 Å². The van der Waals surface area contributed by atoms with E-state index in [1.165, 1.54) is 30.3 Å². The van der Waals surface area contributed by atoms with Crippen molar-refractivity contribution in [2.45, 2.75) is 12.3 Å². The molecule has 0 saturated heterocycles. The Bertz CT molecular complexity index is 939. The van der Waals surface area contributed by atoms with Crippen molar-refractivity contribution in [3.05, 3.63) is 64.7 Å². The summed E-state index contributed by atoms with van der Waals surface area (Å²) in [4.78, 5) is 12.4. The summed E-state index contributed by atoms with van der Waals surface area (Å²) < 4.78 is 76.0. The predicted molar refractivity (Wildman–Crippen MR) is 93.8 cm³/mol. The number of hydrogen-bond acceptors (Lipinski definition) is 5. The molecule has 1 atom stereocenters. The average Bonchev–Trinajstić information content (AvgIpc) is 2.59. The predicted octanol–water partition coefficient (Wildman–Crippen LogP) is 0.144. The Morgan fingerprint density at radius 2 is 1.79 bits per heavy atom. The molecule has 29 heavy (non-hydrogen) atoms. The molecule has 1 N–H and O–H groups in total. The monoisotopic (exact) mass is 459 g/mol. The second-order valence-electron chi connectivity index (χ2n) is 5.63. The van der Waals surface area contributed by atoms with Crippen LogP contribution in [0.5, 0.6) is 5.75 Å². The summed E-state index contributed by atoms with van der Waals surface area (Å²) in [5.74, 6) is -1.89. The van der Waals surface area contributed by atoms with Gasteiger partial charge in [-0.05, 0) is 30.3 Å². The number of rotatable bonds is 7. The summed E-state index contributed by atoms with van der Waals surface area (Å²) in [6.45, 7) is -0.472. The SMILES string of the molecule is O=C(NCCS(=O)(=O)[O-])C(Oc1cccc(C(F)(F)F)c1)c1ccc(Cl)cc1.[Na+]. The molecule has 6 nitrogen and oxygen atoms in total. The Kier molecular flexibility index (Phi) is 9.45. The number of carbonyl (C=O) groups excluding carboxylic acids is 1. The topological polar surface area (TPSA) is 95.5 Å². The molecule has 2 aromatic carbocycles. The van der Waals surface area contributed by atoms with Gasteiger partial charge in [0.1, 0.15) is 5.75 Å². The number of amides is 1. The van der Waals surface area contributed by atoms with E-state index in [9.17, 15) is 30.9 Å². The summed E-state index contributed by atoms with van der Waals surface area (Å²) >= 11 is 5.79. The number of hydrogen-bond donors (Lipinski definition) is 1. The first-order valence-corrected chi connectivity index (χ1v) is 9.72. The standard InChI is InChI=1S/C17H15ClF3NO5S.Na/c18-13-6-4-11(5-7-13)15(16(23)22-8-9-28(24,25)26)27-14-3-1-2-12(10-14)17(19,20)21;/h1-7,10,15H,8-9H2,(H,22,23)(H,24,25,26);/q;+1/p-1. The van der Waals surface area contributed by atoms with Crippen molar-refractivity contribution in [3.8, 4) is 5.75 Å². The first-order valence-electron chi connectivity index (χ1n) is 7.76. The number of benzene rings is 2. The van der Waals surface area contributed by atoms with Gasteiger partial charge in [0.05, 0.1) is 21.4 Å². The molecule has 0 aromatic heterocycles. The van der Waals surface area contributed by atoms with Crippen LogP contribution in [0.3, 0.4) is 0 Å². The molecule has 0 bridgehead atoms. The molecule has 0 aliphatic rings. The van der Waals surface area contributed by atoms with Gasteiger partial charge in [-0.2, -0.15) is 13.2 Å². The third-order valence-electron chi connectivity index (χ3n) is 3.48. The molecule has 2 rings (SSSR count). The molecule has 12 heteroatoms. The molecule has 0 fully saturated rings. The molecule has 0 radical (unpaired) electrons. The Hall–Kier alpha value is -1.30. The quantitative estimate of drug-likeness (QED) is 0.469. The van der Waals surface area contributed by atoms with Crippen LogP contribution < -0.4 is 39.6 Å². The first kappa shape index (κ1) is 25.7. The number of ether oxygens (including phenoxy) is 1. The zero-order chi connectivity index (χ0) is 20.9. The van der Waals surface area contributed by atoms with Gasteiger partial charge in [-0.1, -0.05) is 29.8 Å². The number of carbonyl (C=O) groups is 1. The van der Waals surface area contributed by atoms with Gasteiger partial charge < -0.3 is 14.6 Å². The molecule has 2 aromatic rings. The summed E-state index contributed by atoms with van der Waals surface area (Å²) in [5, 5.41) is 2.58. The maximum absolute atomic E-state index is 12.9. The van der Waals surface area contributed by atoms with Crippen LogP contribution in [-0.2, 0) is 21.1 Å². The fraction of sp³-hybridized carbons (Fsp3) is 0.235. The molecular formula is C17H14ClF3NNaO5S. The van der Waals surface area contributed by atoms with E-state index < -0.39 is 46.2 Å². The third kappa shape index (κ3) is 8.53. The maximum Gasteiger partial charge on any atom is 1.00 e. The fourth-order valence-electron chi connectivity index (χ4n) is 2.18. The van der Waals surface area contributed by atoms with Gasteiger partial charge >= 0.3 is 35.7 Å². The van der Waals surface area contributed by atoms with Gasteiger partial charge in [0.15, 0.2) is 0 Å². The van der Waals surface area contributed by atoms with E-state index in [1.807, 2.05) is 0 Å². The fourth-order valence-corrected chi connectivity index (χ4v) is 2.66. The molecule has 0 aliphatic heterocycles. The summed E-state index contributed by atoms with van der Waals surface area (Å²) in [5.41, 5.74) is -0.693.